The van der Waals surface area contributed by atoms with Gasteiger partial charge in [0.05, 0.1) is 6.61 Å². The van der Waals surface area contributed by atoms with E-state index in [2.05, 4.69) is 24.3 Å². The van der Waals surface area contributed by atoms with Crippen molar-refractivity contribution < 1.29 is 14.3 Å². The zero-order chi connectivity index (χ0) is 15.4. The lowest BCUT2D eigenvalue weighted by atomic mass is 9.81. The molecule has 120 valence electrons. The Labute approximate surface area is 133 Å². The fourth-order valence-electron chi connectivity index (χ4n) is 3.18. The van der Waals surface area contributed by atoms with Gasteiger partial charge in [0.1, 0.15) is 11.9 Å². The molecule has 2 saturated carbocycles. The number of ether oxygens (including phenoxy) is 2. The smallest absolute Gasteiger partial charge is 0.305 e. The Morgan fingerprint density at radius 1 is 1.09 bits per heavy atom. The van der Waals surface area contributed by atoms with Crippen molar-refractivity contribution in [1.29, 1.82) is 0 Å². The Bertz CT molecular complexity index is 490. The highest BCUT2D eigenvalue weighted by molar-refractivity contribution is 5.69. The predicted octanol–water partition coefficient (Wildman–Crippen LogP) is 4.45. The first-order valence-electron chi connectivity index (χ1n) is 8.68. The number of esters is 1. The molecular weight excluding hydrogens is 276 g/mol. The van der Waals surface area contributed by atoms with Crippen molar-refractivity contribution in [3.05, 3.63) is 29.8 Å². The lowest BCUT2D eigenvalue weighted by molar-refractivity contribution is -0.151. The molecule has 1 aromatic rings. The summed E-state index contributed by atoms with van der Waals surface area (Å²) in [7, 11) is 0. The molecule has 22 heavy (non-hydrogen) atoms. The van der Waals surface area contributed by atoms with Crippen molar-refractivity contribution in [3.63, 3.8) is 0 Å². The predicted molar refractivity (Wildman–Crippen MR) is 86.0 cm³/mol. The molecule has 0 unspecified atom stereocenters. The first-order chi connectivity index (χ1) is 10.8. The van der Waals surface area contributed by atoms with Crippen LogP contribution in [0.5, 0.6) is 5.75 Å². The monoisotopic (exact) mass is 302 g/mol. The quantitative estimate of drug-likeness (QED) is 0.728. The average molecular weight is 302 g/mol. The van der Waals surface area contributed by atoms with Crippen molar-refractivity contribution in [2.75, 3.05) is 6.61 Å². The summed E-state index contributed by atoms with van der Waals surface area (Å²) in [5.74, 6) is 1.98. The van der Waals surface area contributed by atoms with Crippen LogP contribution in [0.15, 0.2) is 24.3 Å². The SMILES string of the molecule is CCC(=O)O[C@H]1CCCC[C@@H]1c1ccc(OCC2CC2)cc1. The number of hydrogen-bond acceptors (Lipinski definition) is 3. The van der Waals surface area contributed by atoms with Crippen LogP contribution in [0.25, 0.3) is 0 Å². The van der Waals surface area contributed by atoms with Crippen molar-refractivity contribution in [2.45, 2.75) is 63.9 Å². The standard InChI is InChI=1S/C19H26O3/c1-2-19(20)22-18-6-4-3-5-17(18)15-9-11-16(12-10-15)21-13-14-7-8-14/h9-12,14,17-18H,2-8,13H2,1H3/t17-,18+/m1/s1. The van der Waals surface area contributed by atoms with Gasteiger partial charge in [0.2, 0.25) is 0 Å². The zero-order valence-corrected chi connectivity index (χ0v) is 13.4. The second kappa shape index (κ2) is 7.17. The molecule has 0 spiro atoms. The fraction of sp³-hybridized carbons (Fsp3) is 0.632. The highest BCUT2D eigenvalue weighted by Crippen LogP contribution is 2.36. The molecule has 2 atom stereocenters. The van der Waals surface area contributed by atoms with Crippen LogP contribution in [0.2, 0.25) is 0 Å². The molecule has 2 aliphatic carbocycles. The molecule has 0 N–H and O–H groups in total. The van der Waals surface area contributed by atoms with E-state index in [1.54, 1.807) is 0 Å². The molecule has 0 amide bonds. The molecule has 3 nitrogen and oxygen atoms in total. The van der Waals surface area contributed by atoms with Gasteiger partial charge >= 0.3 is 5.97 Å². The molecule has 0 bridgehead atoms. The minimum atomic E-state index is -0.0821. The van der Waals surface area contributed by atoms with Gasteiger partial charge in [-0.1, -0.05) is 25.5 Å². The summed E-state index contributed by atoms with van der Waals surface area (Å²) >= 11 is 0. The Balaban J connectivity index is 1.62. The van der Waals surface area contributed by atoms with Gasteiger partial charge < -0.3 is 9.47 Å². The van der Waals surface area contributed by atoms with Gasteiger partial charge in [-0.3, -0.25) is 4.79 Å². The van der Waals surface area contributed by atoms with Crippen LogP contribution in [-0.2, 0) is 9.53 Å². The van der Waals surface area contributed by atoms with Crippen LogP contribution < -0.4 is 4.74 Å². The maximum absolute atomic E-state index is 11.6. The molecule has 0 saturated heterocycles. The van der Waals surface area contributed by atoms with Gasteiger partial charge in [0, 0.05) is 12.3 Å². The van der Waals surface area contributed by atoms with Crippen molar-refractivity contribution in [3.8, 4) is 5.75 Å². The Morgan fingerprint density at radius 2 is 1.82 bits per heavy atom. The van der Waals surface area contributed by atoms with E-state index in [1.165, 1.54) is 24.8 Å². The highest BCUT2D eigenvalue weighted by Gasteiger charge is 2.29. The number of carbonyl (C=O) groups excluding carboxylic acids is 1. The van der Waals surface area contributed by atoms with Gasteiger partial charge in [0.25, 0.3) is 0 Å². The van der Waals surface area contributed by atoms with Crippen LogP contribution in [0.3, 0.4) is 0 Å². The summed E-state index contributed by atoms with van der Waals surface area (Å²) in [5, 5.41) is 0. The largest absolute Gasteiger partial charge is 0.493 e. The van der Waals surface area contributed by atoms with Gasteiger partial charge in [-0.25, -0.2) is 0 Å². The number of carbonyl (C=O) groups is 1. The molecule has 3 heteroatoms. The first kappa shape index (κ1) is 15.4. The van der Waals surface area contributed by atoms with E-state index in [9.17, 15) is 4.79 Å². The second-order valence-corrected chi connectivity index (χ2v) is 6.60. The normalized spacial score (nSPS) is 24.8. The van der Waals surface area contributed by atoms with Crippen LogP contribution in [0.4, 0.5) is 0 Å². The molecule has 0 aliphatic heterocycles. The van der Waals surface area contributed by atoms with Crippen molar-refractivity contribution in [2.24, 2.45) is 5.92 Å². The van der Waals surface area contributed by atoms with Crippen LogP contribution in [-0.4, -0.2) is 18.7 Å². The van der Waals surface area contributed by atoms with Gasteiger partial charge in [0.15, 0.2) is 0 Å². The topological polar surface area (TPSA) is 35.5 Å². The first-order valence-corrected chi connectivity index (χ1v) is 8.68. The van der Waals surface area contributed by atoms with Crippen LogP contribution in [0, 0.1) is 5.92 Å². The molecule has 3 rings (SSSR count). The summed E-state index contributed by atoms with van der Waals surface area (Å²) in [5.41, 5.74) is 1.27. The molecule has 0 heterocycles. The van der Waals surface area contributed by atoms with Gasteiger partial charge in [-0.2, -0.15) is 0 Å². The molecular formula is C19H26O3. The zero-order valence-electron chi connectivity index (χ0n) is 13.4. The molecule has 1 aromatic carbocycles. The number of rotatable bonds is 6. The number of benzene rings is 1. The maximum Gasteiger partial charge on any atom is 0.305 e. The van der Waals surface area contributed by atoms with E-state index in [-0.39, 0.29) is 12.1 Å². The fourth-order valence-corrected chi connectivity index (χ4v) is 3.18. The Morgan fingerprint density at radius 3 is 2.50 bits per heavy atom. The molecule has 2 aliphatic rings. The third-order valence-corrected chi connectivity index (χ3v) is 4.76. The van der Waals surface area contributed by atoms with E-state index < -0.39 is 0 Å². The lowest BCUT2D eigenvalue weighted by Crippen LogP contribution is -2.28. The molecule has 0 aromatic heterocycles. The Kier molecular flexibility index (Phi) is 5.01. The van der Waals surface area contributed by atoms with Crippen molar-refractivity contribution in [1.82, 2.24) is 0 Å². The van der Waals surface area contributed by atoms with Gasteiger partial charge in [-0.15, -0.1) is 0 Å². The Hall–Kier alpha value is -1.51. The summed E-state index contributed by atoms with van der Waals surface area (Å²) in [6.07, 6.45) is 7.57. The van der Waals surface area contributed by atoms with E-state index in [0.29, 0.717) is 12.3 Å². The third kappa shape index (κ3) is 4.02. The third-order valence-electron chi connectivity index (χ3n) is 4.76. The van der Waals surface area contributed by atoms with E-state index >= 15 is 0 Å². The summed E-state index contributed by atoms with van der Waals surface area (Å²) < 4.78 is 11.5. The van der Waals surface area contributed by atoms with Crippen LogP contribution in [0.1, 0.15) is 63.4 Å². The summed E-state index contributed by atoms with van der Waals surface area (Å²) in [6.45, 7) is 2.70. The van der Waals surface area contributed by atoms with E-state index in [1.807, 2.05) is 6.92 Å². The minimum absolute atomic E-state index is 0.0411. The number of hydrogen-bond donors (Lipinski definition) is 0. The average Bonchev–Trinajstić information content (AvgIpc) is 3.38. The maximum atomic E-state index is 11.6. The van der Waals surface area contributed by atoms with E-state index in [0.717, 1.165) is 37.5 Å². The summed E-state index contributed by atoms with van der Waals surface area (Å²) in [4.78, 5) is 11.6. The molecule has 0 radical (unpaired) electrons. The van der Waals surface area contributed by atoms with E-state index in [4.69, 9.17) is 9.47 Å². The van der Waals surface area contributed by atoms with Crippen molar-refractivity contribution >= 4 is 5.97 Å². The summed E-state index contributed by atoms with van der Waals surface area (Å²) in [6, 6.07) is 8.41. The van der Waals surface area contributed by atoms with Gasteiger partial charge in [-0.05, 0) is 55.7 Å². The lowest BCUT2D eigenvalue weighted by Gasteiger charge is -2.31. The van der Waals surface area contributed by atoms with Crippen LogP contribution >= 0.6 is 0 Å². The minimum Gasteiger partial charge on any atom is -0.493 e. The molecule has 2 fully saturated rings. The highest BCUT2D eigenvalue weighted by atomic mass is 16.5. The second-order valence-electron chi connectivity index (χ2n) is 6.60.